The largest absolute Gasteiger partial charge is 0.481 e. The molecule has 3 atom stereocenters. The Labute approximate surface area is 112 Å². The van der Waals surface area contributed by atoms with Crippen molar-refractivity contribution in [3.8, 4) is 0 Å². The lowest BCUT2D eigenvalue weighted by atomic mass is 9.90. The number of rotatable bonds is 3. The van der Waals surface area contributed by atoms with Crippen LogP contribution in [0.15, 0.2) is 0 Å². The van der Waals surface area contributed by atoms with Crippen LogP contribution < -0.4 is 0 Å². The topological polar surface area (TPSA) is 75.2 Å². The van der Waals surface area contributed by atoms with Gasteiger partial charge in [-0.1, -0.05) is 6.92 Å². The number of fused-ring (bicyclic) bond motifs is 1. The van der Waals surface area contributed by atoms with Gasteiger partial charge in [0, 0.05) is 24.6 Å². The van der Waals surface area contributed by atoms with Crippen LogP contribution in [-0.4, -0.2) is 33.8 Å². The highest BCUT2D eigenvalue weighted by atomic mass is 16.5. The first-order valence-electron chi connectivity index (χ1n) is 7.11. The average molecular weight is 264 g/mol. The van der Waals surface area contributed by atoms with Crippen LogP contribution in [0.4, 0.5) is 0 Å². The van der Waals surface area contributed by atoms with Crippen LogP contribution in [0.1, 0.15) is 49.3 Å². The summed E-state index contributed by atoms with van der Waals surface area (Å²) in [5.41, 5.74) is 2.09. The molecular formula is C14H20N2O3. The van der Waals surface area contributed by atoms with E-state index in [1.165, 1.54) is 0 Å². The van der Waals surface area contributed by atoms with Crippen molar-refractivity contribution in [3.05, 3.63) is 17.2 Å². The first-order chi connectivity index (χ1) is 9.19. The van der Waals surface area contributed by atoms with Crippen molar-refractivity contribution in [2.45, 2.75) is 51.0 Å². The molecule has 0 saturated carbocycles. The van der Waals surface area contributed by atoms with E-state index in [1.807, 2.05) is 0 Å². The molecule has 1 aromatic rings. The molecule has 1 aliphatic carbocycles. The predicted molar refractivity (Wildman–Crippen MR) is 69.1 cm³/mol. The van der Waals surface area contributed by atoms with E-state index in [4.69, 9.17) is 14.8 Å². The van der Waals surface area contributed by atoms with Crippen molar-refractivity contribution in [3.63, 3.8) is 0 Å². The van der Waals surface area contributed by atoms with Crippen molar-refractivity contribution in [1.82, 2.24) is 9.97 Å². The summed E-state index contributed by atoms with van der Waals surface area (Å²) in [6, 6.07) is 0. The van der Waals surface area contributed by atoms with Crippen molar-refractivity contribution in [2.75, 3.05) is 6.61 Å². The Morgan fingerprint density at radius 2 is 2.37 bits per heavy atom. The van der Waals surface area contributed by atoms with Crippen LogP contribution in [0.3, 0.4) is 0 Å². The third kappa shape index (κ3) is 2.27. The molecule has 3 rings (SSSR count). The lowest BCUT2D eigenvalue weighted by Crippen LogP contribution is -2.22. The van der Waals surface area contributed by atoms with Gasteiger partial charge in [0.05, 0.1) is 17.7 Å². The van der Waals surface area contributed by atoms with E-state index in [9.17, 15) is 4.79 Å². The van der Waals surface area contributed by atoms with E-state index in [0.717, 1.165) is 43.1 Å². The molecule has 104 valence electrons. The number of carbonyl (C=O) groups is 1. The molecule has 3 unspecified atom stereocenters. The van der Waals surface area contributed by atoms with Gasteiger partial charge in [0.15, 0.2) is 0 Å². The van der Waals surface area contributed by atoms with Crippen molar-refractivity contribution in [2.24, 2.45) is 5.92 Å². The minimum atomic E-state index is -0.697. The Balaban J connectivity index is 1.81. The van der Waals surface area contributed by atoms with E-state index < -0.39 is 5.97 Å². The lowest BCUT2D eigenvalue weighted by Gasteiger charge is -2.16. The molecule has 2 aliphatic rings. The van der Waals surface area contributed by atoms with Crippen molar-refractivity contribution >= 4 is 5.97 Å². The maximum Gasteiger partial charge on any atom is 0.306 e. The Kier molecular flexibility index (Phi) is 3.31. The lowest BCUT2D eigenvalue weighted by molar-refractivity contribution is -0.142. The Morgan fingerprint density at radius 3 is 3.11 bits per heavy atom. The third-order valence-electron chi connectivity index (χ3n) is 4.38. The zero-order valence-electron chi connectivity index (χ0n) is 11.2. The first kappa shape index (κ1) is 12.7. The zero-order chi connectivity index (χ0) is 13.4. The monoisotopic (exact) mass is 264 g/mol. The smallest absolute Gasteiger partial charge is 0.306 e. The minimum absolute atomic E-state index is 0.253. The molecule has 0 spiro atoms. The molecule has 0 bridgehead atoms. The quantitative estimate of drug-likeness (QED) is 0.874. The van der Waals surface area contributed by atoms with E-state index in [1.54, 1.807) is 0 Å². The molecule has 5 heteroatoms. The van der Waals surface area contributed by atoms with Crippen LogP contribution in [0, 0.1) is 5.92 Å². The van der Waals surface area contributed by atoms with Gasteiger partial charge >= 0.3 is 5.97 Å². The second-order valence-electron chi connectivity index (χ2n) is 5.54. The van der Waals surface area contributed by atoms with Gasteiger partial charge in [-0.25, -0.2) is 4.98 Å². The normalized spacial score (nSPS) is 30.3. The van der Waals surface area contributed by atoms with Gasteiger partial charge in [-0.15, -0.1) is 0 Å². The standard InChI is InChI=1S/C14H20N2O3/c1-2-12-9(5-6-19-12)13-15-10-4-3-8(14(17)18)7-11(10)16-13/h8-9,12H,2-7H2,1H3,(H,15,16)(H,17,18). The molecule has 19 heavy (non-hydrogen) atoms. The number of ether oxygens (including phenoxy) is 1. The van der Waals surface area contributed by atoms with Gasteiger partial charge in [0.1, 0.15) is 5.82 Å². The van der Waals surface area contributed by atoms with Crippen molar-refractivity contribution < 1.29 is 14.6 Å². The molecular weight excluding hydrogens is 244 g/mol. The fraction of sp³-hybridized carbons (Fsp3) is 0.714. The number of H-pyrrole nitrogens is 1. The average Bonchev–Trinajstić information content (AvgIpc) is 3.03. The highest BCUT2D eigenvalue weighted by Gasteiger charge is 2.33. The van der Waals surface area contributed by atoms with Gasteiger partial charge in [-0.2, -0.15) is 0 Å². The maximum atomic E-state index is 11.1. The summed E-state index contributed by atoms with van der Waals surface area (Å²) in [4.78, 5) is 19.1. The first-order valence-corrected chi connectivity index (χ1v) is 7.11. The SMILES string of the molecule is CCC1OCCC1c1nc2c([nH]1)CC(C(=O)O)CC2. The number of nitrogens with one attached hydrogen (secondary N) is 1. The van der Waals surface area contributed by atoms with Crippen LogP contribution in [0.25, 0.3) is 0 Å². The molecule has 0 amide bonds. The van der Waals surface area contributed by atoms with Crippen LogP contribution in [0.2, 0.25) is 0 Å². The summed E-state index contributed by atoms with van der Waals surface area (Å²) in [5.74, 6) is 0.388. The highest BCUT2D eigenvalue weighted by molar-refractivity contribution is 5.70. The summed E-state index contributed by atoms with van der Waals surface area (Å²) in [6.07, 6.45) is 4.31. The number of aryl methyl sites for hydroxylation is 1. The van der Waals surface area contributed by atoms with Crippen LogP contribution in [0.5, 0.6) is 0 Å². The highest BCUT2D eigenvalue weighted by Crippen LogP contribution is 2.33. The number of nitrogens with zero attached hydrogens (tertiary/aromatic N) is 1. The number of imidazole rings is 1. The number of carboxylic acid groups (broad SMARTS) is 1. The molecule has 0 radical (unpaired) electrons. The molecule has 1 aromatic heterocycles. The van der Waals surface area contributed by atoms with Crippen LogP contribution in [-0.2, 0) is 22.4 Å². The molecule has 2 N–H and O–H groups in total. The number of hydrogen-bond acceptors (Lipinski definition) is 3. The zero-order valence-corrected chi connectivity index (χ0v) is 11.2. The van der Waals surface area contributed by atoms with Gasteiger partial charge < -0.3 is 14.8 Å². The summed E-state index contributed by atoms with van der Waals surface area (Å²) in [7, 11) is 0. The van der Waals surface area contributed by atoms with Gasteiger partial charge in [0.2, 0.25) is 0 Å². The van der Waals surface area contributed by atoms with E-state index in [0.29, 0.717) is 18.8 Å². The number of hydrogen-bond donors (Lipinski definition) is 2. The van der Waals surface area contributed by atoms with E-state index >= 15 is 0 Å². The summed E-state index contributed by atoms with van der Waals surface area (Å²) >= 11 is 0. The summed E-state index contributed by atoms with van der Waals surface area (Å²) in [5, 5.41) is 9.11. The van der Waals surface area contributed by atoms with E-state index in [-0.39, 0.29) is 12.0 Å². The predicted octanol–water partition coefficient (Wildman–Crippen LogP) is 1.88. The molecule has 2 heterocycles. The van der Waals surface area contributed by atoms with Crippen molar-refractivity contribution in [1.29, 1.82) is 0 Å². The molecule has 1 fully saturated rings. The summed E-state index contributed by atoms with van der Waals surface area (Å²) in [6.45, 7) is 2.93. The minimum Gasteiger partial charge on any atom is -0.481 e. The van der Waals surface area contributed by atoms with Gasteiger partial charge in [0.25, 0.3) is 0 Å². The van der Waals surface area contributed by atoms with Gasteiger partial charge in [-0.05, 0) is 25.7 Å². The third-order valence-corrected chi connectivity index (χ3v) is 4.38. The fourth-order valence-electron chi connectivity index (χ4n) is 3.25. The fourth-order valence-corrected chi connectivity index (χ4v) is 3.25. The van der Waals surface area contributed by atoms with Gasteiger partial charge in [-0.3, -0.25) is 4.79 Å². The number of aliphatic carboxylic acids is 1. The molecule has 0 aromatic carbocycles. The molecule has 5 nitrogen and oxygen atoms in total. The Morgan fingerprint density at radius 1 is 1.53 bits per heavy atom. The molecule has 1 saturated heterocycles. The van der Waals surface area contributed by atoms with E-state index in [2.05, 4.69) is 11.9 Å². The number of aromatic nitrogens is 2. The maximum absolute atomic E-state index is 11.1. The summed E-state index contributed by atoms with van der Waals surface area (Å²) < 4.78 is 5.71. The number of aromatic amines is 1. The Hall–Kier alpha value is -1.36. The Bertz CT molecular complexity index is 483. The second-order valence-corrected chi connectivity index (χ2v) is 5.54. The molecule has 1 aliphatic heterocycles. The second kappa shape index (κ2) is 4.96. The van der Waals surface area contributed by atoms with Crippen LogP contribution >= 0.6 is 0 Å². The number of carboxylic acids is 1.